The molecule has 1 aliphatic heterocycles. The third kappa shape index (κ3) is 2.93. The minimum atomic E-state index is -3.89. The Morgan fingerprint density at radius 1 is 1.25 bits per heavy atom. The molecule has 0 radical (unpaired) electrons. The van der Waals surface area contributed by atoms with Crippen molar-refractivity contribution in [3.63, 3.8) is 0 Å². The summed E-state index contributed by atoms with van der Waals surface area (Å²) in [4.78, 5) is 11.2. The Kier molecular flexibility index (Phi) is 4.59. The first-order chi connectivity index (χ1) is 9.34. The molecule has 0 unspecified atom stereocenters. The highest BCUT2D eigenvalue weighted by molar-refractivity contribution is 7.89. The fourth-order valence-corrected chi connectivity index (χ4v) is 4.25. The number of aliphatic carboxylic acids is 1. The van der Waals surface area contributed by atoms with Gasteiger partial charge in [-0.3, -0.25) is 4.79 Å². The summed E-state index contributed by atoms with van der Waals surface area (Å²) in [5, 5.41) is 9.54. The van der Waals surface area contributed by atoms with E-state index in [2.05, 4.69) is 0 Å². The van der Waals surface area contributed by atoms with Crippen molar-refractivity contribution in [1.82, 2.24) is 4.31 Å². The molecule has 1 heterocycles. The van der Waals surface area contributed by atoms with E-state index in [1.54, 1.807) is 0 Å². The number of nitrogens with zero attached hydrogens (tertiary/aromatic N) is 1. The summed E-state index contributed by atoms with van der Waals surface area (Å²) in [7, 11) is -3.89. The summed E-state index contributed by atoms with van der Waals surface area (Å²) in [5.41, 5.74) is 0. The summed E-state index contributed by atoms with van der Waals surface area (Å²) in [6.45, 7) is 0.194. The summed E-state index contributed by atoms with van der Waals surface area (Å²) in [5.74, 6) is -1.13. The van der Waals surface area contributed by atoms with Crippen LogP contribution in [0.25, 0.3) is 0 Å². The number of carboxylic acid groups (broad SMARTS) is 1. The molecule has 1 aromatic rings. The van der Waals surface area contributed by atoms with Gasteiger partial charge in [0.05, 0.1) is 14.9 Å². The molecule has 0 aromatic heterocycles. The number of piperidine rings is 1. The molecule has 1 atom stereocenters. The van der Waals surface area contributed by atoms with Crippen molar-refractivity contribution in [3.05, 3.63) is 28.2 Å². The Bertz CT molecular complexity index is 632. The minimum absolute atomic E-state index is 0.0416. The van der Waals surface area contributed by atoms with E-state index in [-0.39, 0.29) is 21.5 Å². The number of halogens is 2. The van der Waals surface area contributed by atoms with Crippen LogP contribution in [-0.4, -0.2) is 36.4 Å². The Morgan fingerprint density at radius 2 is 1.95 bits per heavy atom. The normalized spacial score (nSPS) is 20.8. The van der Waals surface area contributed by atoms with Crippen molar-refractivity contribution >= 4 is 39.2 Å². The molecule has 1 fully saturated rings. The lowest BCUT2D eigenvalue weighted by Gasteiger charge is -2.31. The second kappa shape index (κ2) is 5.89. The van der Waals surface area contributed by atoms with Gasteiger partial charge in [0.25, 0.3) is 0 Å². The molecule has 1 aromatic carbocycles. The standard InChI is InChI=1S/C12H13Cl2NO4S/c13-9-5-4-8(7-10(9)14)20(18,19)15-6-2-1-3-11(15)12(16)17/h4-5,7,11H,1-3,6H2,(H,16,17)/t11-/m0/s1. The molecule has 0 spiro atoms. The molecule has 1 saturated heterocycles. The molecule has 5 nitrogen and oxygen atoms in total. The molecule has 2 rings (SSSR count). The summed E-state index contributed by atoms with van der Waals surface area (Å²) >= 11 is 11.6. The number of rotatable bonds is 3. The predicted molar refractivity (Wildman–Crippen MR) is 75.6 cm³/mol. The number of hydrogen-bond donors (Lipinski definition) is 1. The van der Waals surface area contributed by atoms with Gasteiger partial charge >= 0.3 is 5.97 Å². The summed E-state index contributed by atoms with van der Waals surface area (Å²) in [6, 6.07) is 2.93. The SMILES string of the molecule is O=C(O)[C@@H]1CCCCN1S(=O)(=O)c1ccc(Cl)c(Cl)c1. The molecular formula is C12H13Cl2NO4S. The van der Waals surface area contributed by atoms with Crippen LogP contribution < -0.4 is 0 Å². The van der Waals surface area contributed by atoms with E-state index < -0.39 is 22.0 Å². The third-order valence-electron chi connectivity index (χ3n) is 3.24. The van der Waals surface area contributed by atoms with E-state index in [1.807, 2.05) is 0 Å². The number of benzene rings is 1. The lowest BCUT2D eigenvalue weighted by molar-refractivity contribution is -0.142. The maximum atomic E-state index is 12.5. The van der Waals surface area contributed by atoms with Crippen LogP contribution in [0.5, 0.6) is 0 Å². The van der Waals surface area contributed by atoms with Crippen LogP contribution in [0.15, 0.2) is 23.1 Å². The molecule has 0 aliphatic carbocycles. The lowest BCUT2D eigenvalue weighted by atomic mass is 10.1. The van der Waals surface area contributed by atoms with E-state index in [9.17, 15) is 13.2 Å². The average Bonchev–Trinajstić information content (AvgIpc) is 2.41. The van der Waals surface area contributed by atoms with Gasteiger partial charge < -0.3 is 5.11 Å². The van der Waals surface area contributed by atoms with Gasteiger partial charge in [0, 0.05) is 6.54 Å². The first-order valence-electron chi connectivity index (χ1n) is 6.04. The highest BCUT2D eigenvalue weighted by atomic mass is 35.5. The zero-order valence-electron chi connectivity index (χ0n) is 10.4. The van der Waals surface area contributed by atoms with Gasteiger partial charge in [0.1, 0.15) is 6.04 Å². The van der Waals surface area contributed by atoms with Crippen LogP contribution in [-0.2, 0) is 14.8 Å². The van der Waals surface area contributed by atoms with E-state index in [4.69, 9.17) is 28.3 Å². The highest BCUT2D eigenvalue weighted by Gasteiger charge is 2.37. The van der Waals surface area contributed by atoms with Gasteiger partial charge in [-0.2, -0.15) is 4.31 Å². The van der Waals surface area contributed by atoms with Crippen molar-refractivity contribution in [2.45, 2.75) is 30.2 Å². The van der Waals surface area contributed by atoms with E-state index in [0.29, 0.717) is 19.3 Å². The van der Waals surface area contributed by atoms with Gasteiger partial charge in [0.2, 0.25) is 10.0 Å². The Labute approximate surface area is 127 Å². The van der Waals surface area contributed by atoms with Crippen LogP contribution in [0, 0.1) is 0 Å². The van der Waals surface area contributed by atoms with Gasteiger partial charge in [0.15, 0.2) is 0 Å². The topological polar surface area (TPSA) is 74.7 Å². The second-order valence-electron chi connectivity index (χ2n) is 4.54. The molecule has 0 amide bonds. The van der Waals surface area contributed by atoms with Crippen molar-refractivity contribution in [3.8, 4) is 0 Å². The Morgan fingerprint density at radius 3 is 2.55 bits per heavy atom. The van der Waals surface area contributed by atoms with Gasteiger partial charge in [-0.25, -0.2) is 8.42 Å². The first-order valence-corrected chi connectivity index (χ1v) is 8.23. The third-order valence-corrected chi connectivity index (χ3v) is 5.88. The van der Waals surface area contributed by atoms with Crippen LogP contribution in [0.1, 0.15) is 19.3 Å². The monoisotopic (exact) mass is 337 g/mol. The van der Waals surface area contributed by atoms with E-state index in [0.717, 1.165) is 4.31 Å². The number of carboxylic acids is 1. The van der Waals surface area contributed by atoms with Crippen LogP contribution >= 0.6 is 23.2 Å². The highest BCUT2D eigenvalue weighted by Crippen LogP contribution is 2.29. The summed E-state index contributed by atoms with van der Waals surface area (Å²) in [6.07, 6.45) is 1.66. The maximum Gasteiger partial charge on any atom is 0.322 e. The largest absolute Gasteiger partial charge is 0.480 e. The van der Waals surface area contributed by atoms with Gasteiger partial charge in [-0.1, -0.05) is 23.2 Å². The van der Waals surface area contributed by atoms with Crippen molar-refractivity contribution in [2.75, 3.05) is 6.54 Å². The van der Waals surface area contributed by atoms with Crippen molar-refractivity contribution in [1.29, 1.82) is 0 Å². The summed E-state index contributed by atoms with van der Waals surface area (Å²) < 4.78 is 26.1. The van der Waals surface area contributed by atoms with E-state index in [1.165, 1.54) is 18.2 Å². The Balaban J connectivity index is 2.42. The quantitative estimate of drug-likeness (QED) is 0.919. The smallest absolute Gasteiger partial charge is 0.322 e. The molecular weight excluding hydrogens is 325 g/mol. The molecule has 110 valence electrons. The maximum absolute atomic E-state index is 12.5. The van der Waals surface area contributed by atoms with Crippen molar-refractivity contribution < 1.29 is 18.3 Å². The van der Waals surface area contributed by atoms with Crippen LogP contribution in [0.3, 0.4) is 0 Å². The van der Waals surface area contributed by atoms with Crippen molar-refractivity contribution in [2.24, 2.45) is 0 Å². The van der Waals surface area contributed by atoms with Gasteiger partial charge in [-0.05, 0) is 37.5 Å². The number of carbonyl (C=O) groups is 1. The van der Waals surface area contributed by atoms with Gasteiger partial charge in [-0.15, -0.1) is 0 Å². The zero-order chi connectivity index (χ0) is 14.9. The molecule has 1 N–H and O–H groups in total. The zero-order valence-corrected chi connectivity index (χ0v) is 12.7. The molecule has 20 heavy (non-hydrogen) atoms. The fraction of sp³-hybridized carbons (Fsp3) is 0.417. The molecule has 0 bridgehead atoms. The second-order valence-corrected chi connectivity index (χ2v) is 7.25. The predicted octanol–water partition coefficient (Wildman–Crippen LogP) is 2.62. The number of sulfonamides is 1. The first kappa shape index (κ1) is 15.6. The minimum Gasteiger partial charge on any atom is -0.480 e. The molecule has 0 saturated carbocycles. The average molecular weight is 338 g/mol. The number of hydrogen-bond acceptors (Lipinski definition) is 3. The fourth-order valence-electron chi connectivity index (χ4n) is 2.21. The molecule has 1 aliphatic rings. The van der Waals surface area contributed by atoms with Crippen LogP contribution in [0.4, 0.5) is 0 Å². The Hall–Kier alpha value is -0.820. The lowest BCUT2D eigenvalue weighted by Crippen LogP contribution is -2.47. The van der Waals surface area contributed by atoms with Crippen LogP contribution in [0.2, 0.25) is 10.0 Å². The molecule has 8 heteroatoms. The van der Waals surface area contributed by atoms with E-state index >= 15 is 0 Å².